The zero-order valence-corrected chi connectivity index (χ0v) is 17.3. The van der Waals surface area contributed by atoms with Crippen molar-refractivity contribution in [1.29, 1.82) is 0 Å². The summed E-state index contributed by atoms with van der Waals surface area (Å²) in [6.07, 6.45) is 0. The number of hydrogen-bond acceptors (Lipinski definition) is 6. The van der Waals surface area contributed by atoms with E-state index in [0.717, 1.165) is 0 Å². The average molecular weight is 433 g/mol. The fourth-order valence-electron chi connectivity index (χ4n) is 3.04. The molecule has 0 fully saturated rings. The van der Waals surface area contributed by atoms with Crippen molar-refractivity contribution in [3.63, 3.8) is 0 Å². The van der Waals surface area contributed by atoms with Crippen LogP contribution in [-0.4, -0.2) is 8.42 Å². The van der Waals surface area contributed by atoms with E-state index in [1.165, 1.54) is 12.1 Å². The lowest BCUT2D eigenvalue weighted by Gasteiger charge is -2.15. The van der Waals surface area contributed by atoms with Crippen molar-refractivity contribution in [2.24, 2.45) is 0 Å². The van der Waals surface area contributed by atoms with Crippen LogP contribution in [0.15, 0.2) is 107 Å². The van der Waals surface area contributed by atoms with E-state index < -0.39 is 9.84 Å². The summed E-state index contributed by atoms with van der Waals surface area (Å²) in [5.41, 5.74) is 12.6. The maximum Gasteiger partial charge on any atom is 0.213 e. The molecule has 0 bridgehead atoms. The lowest BCUT2D eigenvalue weighted by molar-refractivity contribution is 0.462. The van der Waals surface area contributed by atoms with Crippen molar-refractivity contribution >= 4 is 21.2 Å². The molecule has 0 unspecified atom stereocenters. The first-order valence-corrected chi connectivity index (χ1v) is 10.9. The number of ether oxygens (including phenoxy) is 2. The molecule has 0 aliphatic heterocycles. The summed E-state index contributed by atoms with van der Waals surface area (Å²) in [6.45, 7) is 0. The molecule has 6 nitrogen and oxygen atoms in total. The first kappa shape index (κ1) is 20.3. The van der Waals surface area contributed by atoms with E-state index in [2.05, 4.69) is 0 Å². The Bertz CT molecular complexity index is 1240. The van der Waals surface area contributed by atoms with Crippen molar-refractivity contribution in [2.75, 3.05) is 11.5 Å². The van der Waals surface area contributed by atoms with E-state index in [0.29, 0.717) is 22.9 Å². The van der Waals surface area contributed by atoms with Gasteiger partial charge in [-0.3, -0.25) is 0 Å². The molecular formula is C24H20N2O4S. The summed E-state index contributed by atoms with van der Waals surface area (Å²) in [7, 11) is -3.97. The molecular weight excluding hydrogens is 412 g/mol. The summed E-state index contributed by atoms with van der Waals surface area (Å²) >= 11 is 0. The summed E-state index contributed by atoms with van der Waals surface area (Å²) in [5.74, 6) is 1.25. The molecule has 0 amide bonds. The summed E-state index contributed by atoms with van der Waals surface area (Å²) in [5, 5.41) is 0. The van der Waals surface area contributed by atoms with Crippen LogP contribution in [0.1, 0.15) is 0 Å². The summed E-state index contributed by atoms with van der Waals surface area (Å²) in [4.78, 5) is 0.0297. The van der Waals surface area contributed by atoms with Gasteiger partial charge < -0.3 is 20.9 Å². The molecule has 4 aromatic rings. The van der Waals surface area contributed by atoms with E-state index in [4.69, 9.17) is 20.9 Å². The SMILES string of the molecule is Nc1cccc(Oc2ccccc2S(=O)(=O)c2ccccc2Oc2cccc(N)c2)c1. The second-order valence-electron chi connectivity index (χ2n) is 6.75. The Hall–Kier alpha value is -3.97. The minimum atomic E-state index is -3.97. The van der Waals surface area contributed by atoms with Crippen LogP contribution < -0.4 is 20.9 Å². The van der Waals surface area contributed by atoms with Gasteiger partial charge in [-0.2, -0.15) is 0 Å². The number of nitrogens with two attached hydrogens (primary N) is 2. The maximum atomic E-state index is 13.6. The third-order valence-corrected chi connectivity index (χ3v) is 6.28. The van der Waals surface area contributed by atoms with Crippen LogP contribution in [0.3, 0.4) is 0 Å². The van der Waals surface area contributed by atoms with E-state index >= 15 is 0 Å². The zero-order valence-electron chi connectivity index (χ0n) is 16.4. The number of nitrogen functional groups attached to an aromatic ring is 2. The standard InChI is InChI=1S/C24H20N2O4S/c25-17-7-5-9-19(15-17)29-21-11-1-3-13-23(21)31(27,28)24-14-4-2-12-22(24)30-20-10-6-8-18(26)16-20/h1-16H,25-26H2. The molecule has 0 aliphatic carbocycles. The number of anilines is 2. The highest BCUT2D eigenvalue weighted by molar-refractivity contribution is 7.91. The fraction of sp³-hybridized carbons (Fsp3) is 0. The van der Waals surface area contributed by atoms with Gasteiger partial charge in [-0.25, -0.2) is 8.42 Å². The smallest absolute Gasteiger partial charge is 0.213 e. The van der Waals surface area contributed by atoms with Gasteiger partial charge in [0.15, 0.2) is 0 Å². The Morgan fingerprint density at radius 2 is 0.968 bits per heavy atom. The van der Waals surface area contributed by atoms with Gasteiger partial charge in [0.05, 0.1) is 0 Å². The lowest BCUT2D eigenvalue weighted by Crippen LogP contribution is -2.06. The largest absolute Gasteiger partial charge is 0.456 e. The van der Waals surface area contributed by atoms with E-state index in [9.17, 15) is 8.42 Å². The third-order valence-electron chi connectivity index (χ3n) is 4.45. The number of sulfone groups is 1. The van der Waals surface area contributed by atoms with Gasteiger partial charge in [0, 0.05) is 23.5 Å². The van der Waals surface area contributed by atoms with Crippen LogP contribution in [0, 0.1) is 0 Å². The monoisotopic (exact) mass is 432 g/mol. The molecule has 7 heteroatoms. The van der Waals surface area contributed by atoms with Crippen LogP contribution in [0.4, 0.5) is 11.4 Å². The predicted molar refractivity (Wildman–Crippen MR) is 120 cm³/mol. The van der Waals surface area contributed by atoms with Gasteiger partial charge in [0.1, 0.15) is 32.8 Å². The van der Waals surface area contributed by atoms with E-state index in [1.54, 1.807) is 84.9 Å². The number of para-hydroxylation sites is 2. The Morgan fingerprint density at radius 1 is 0.548 bits per heavy atom. The predicted octanol–water partition coefficient (Wildman–Crippen LogP) is 5.27. The van der Waals surface area contributed by atoms with Gasteiger partial charge >= 0.3 is 0 Å². The molecule has 0 saturated carbocycles. The van der Waals surface area contributed by atoms with Gasteiger partial charge in [0.25, 0.3) is 0 Å². The van der Waals surface area contributed by atoms with Gasteiger partial charge in [0.2, 0.25) is 9.84 Å². The second-order valence-corrected chi connectivity index (χ2v) is 8.63. The average Bonchev–Trinajstić information content (AvgIpc) is 2.74. The van der Waals surface area contributed by atoms with Crippen molar-refractivity contribution in [2.45, 2.75) is 9.79 Å². The first-order chi connectivity index (χ1) is 14.9. The van der Waals surface area contributed by atoms with Gasteiger partial charge in [-0.1, -0.05) is 36.4 Å². The highest BCUT2D eigenvalue weighted by Gasteiger charge is 2.26. The normalized spacial score (nSPS) is 11.1. The number of rotatable bonds is 6. The zero-order chi connectivity index (χ0) is 21.8. The highest BCUT2D eigenvalue weighted by atomic mass is 32.2. The second kappa shape index (κ2) is 8.41. The van der Waals surface area contributed by atoms with Gasteiger partial charge in [-0.15, -0.1) is 0 Å². The Balaban J connectivity index is 1.75. The number of benzene rings is 4. The molecule has 31 heavy (non-hydrogen) atoms. The Morgan fingerprint density at radius 3 is 1.39 bits per heavy atom. The molecule has 0 aromatic heterocycles. The van der Waals surface area contributed by atoms with E-state index in [-0.39, 0.29) is 21.3 Å². The molecule has 0 heterocycles. The number of hydrogen-bond donors (Lipinski definition) is 2. The summed E-state index contributed by atoms with van der Waals surface area (Å²) < 4.78 is 38.9. The van der Waals surface area contributed by atoms with Crippen LogP contribution in [0.25, 0.3) is 0 Å². The molecule has 4 aromatic carbocycles. The van der Waals surface area contributed by atoms with Crippen molar-refractivity contribution in [3.8, 4) is 23.0 Å². The minimum Gasteiger partial charge on any atom is -0.456 e. The Labute approximate surface area is 180 Å². The summed E-state index contributed by atoms with van der Waals surface area (Å²) in [6, 6.07) is 26.4. The van der Waals surface area contributed by atoms with Crippen LogP contribution in [0.2, 0.25) is 0 Å². The fourth-order valence-corrected chi connectivity index (χ4v) is 4.54. The van der Waals surface area contributed by atoms with Crippen molar-refractivity contribution < 1.29 is 17.9 Å². The maximum absolute atomic E-state index is 13.6. The highest BCUT2D eigenvalue weighted by Crippen LogP contribution is 2.37. The lowest BCUT2D eigenvalue weighted by atomic mass is 10.3. The quantitative estimate of drug-likeness (QED) is 0.402. The van der Waals surface area contributed by atoms with Crippen LogP contribution in [0.5, 0.6) is 23.0 Å². The molecule has 0 radical (unpaired) electrons. The Kier molecular flexibility index (Phi) is 5.51. The van der Waals surface area contributed by atoms with Gasteiger partial charge in [-0.05, 0) is 48.5 Å². The topological polar surface area (TPSA) is 105 Å². The van der Waals surface area contributed by atoms with E-state index in [1.807, 2.05) is 0 Å². The molecule has 0 spiro atoms. The third kappa shape index (κ3) is 4.46. The molecule has 0 saturated heterocycles. The molecule has 0 aliphatic rings. The molecule has 156 valence electrons. The van der Waals surface area contributed by atoms with Crippen LogP contribution in [-0.2, 0) is 9.84 Å². The van der Waals surface area contributed by atoms with Crippen molar-refractivity contribution in [1.82, 2.24) is 0 Å². The van der Waals surface area contributed by atoms with Crippen LogP contribution >= 0.6 is 0 Å². The molecule has 0 atom stereocenters. The van der Waals surface area contributed by atoms with Crippen molar-refractivity contribution in [3.05, 3.63) is 97.1 Å². The minimum absolute atomic E-state index is 0.0149. The molecule has 4 rings (SSSR count). The molecule has 4 N–H and O–H groups in total. The first-order valence-electron chi connectivity index (χ1n) is 9.43.